The largest absolute Gasteiger partial charge is 0.494 e. The van der Waals surface area contributed by atoms with Crippen molar-refractivity contribution >= 4 is 0 Å². The molecule has 26 heavy (non-hydrogen) atoms. The number of pyridine rings is 1. The fourth-order valence-electron chi connectivity index (χ4n) is 2.98. The Balaban J connectivity index is 1.81. The smallest absolute Gasteiger partial charge is 0.119 e. The van der Waals surface area contributed by atoms with Crippen LogP contribution in [0.4, 0.5) is 0 Å². The first-order valence-corrected chi connectivity index (χ1v) is 10.4. The van der Waals surface area contributed by atoms with Crippen molar-refractivity contribution in [2.75, 3.05) is 6.61 Å². The summed E-state index contributed by atoms with van der Waals surface area (Å²) in [6.07, 6.45) is 12.1. The summed E-state index contributed by atoms with van der Waals surface area (Å²) >= 11 is 0. The molecule has 0 radical (unpaired) electrons. The summed E-state index contributed by atoms with van der Waals surface area (Å²) in [7, 11) is 0. The summed E-state index contributed by atoms with van der Waals surface area (Å²) in [5.74, 6) is 1.67. The van der Waals surface area contributed by atoms with Gasteiger partial charge in [-0.1, -0.05) is 58.9 Å². The average molecular weight is 354 g/mol. The second kappa shape index (κ2) is 11.7. The minimum absolute atomic E-state index is 0.726. The van der Waals surface area contributed by atoms with E-state index in [4.69, 9.17) is 4.74 Å². The molecule has 0 bridgehead atoms. The molecule has 0 amide bonds. The van der Waals surface area contributed by atoms with Gasteiger partial charge in [-0.05, 0) is 61.1 Å². The minimum atomic E-state index is 0.726. The zero-order chi connectivity index (χ0) is 18.6. The first-order chi connectivity index (χ1) is 12.7. The van der Waals surface area contributed by atoms with Gasteiger partial charge >= 0.3 is 0 Å². The number of ether oxygens (including phenoxy) is 1. The maximum atomic E-state index is 5.84. The van der Waals surface area contributed by atoms with Crippen molar-refractivity contribution in [3.8, 4) is 17.0 Å². The van der Waals surface area contributed by atoms with Crippen molar-refractivity contribution in [2.45, 2.75) is 72.1 Å². The molecule has 2 nitrogen and oxygen atoms in total. The maximum Gasteiger partial charge on any atom is 0.119 e. The summed E-state index contributed by atoms with van der Waals surface area (Å²) < 4.78 is 5.84. The lowest BCUT2D eigenvalue weighted by Crippen LogP contribution is -2.03. The van der Waals surface area contributed by atoms with Gasteiger partial charge in [-0.15, -0.1) is 0 Å². The van der Waals surface area contributed by atoms with Gasteiger partial charge in [0.1, 0.15) is 5.75 Å². The first kappa shape index (κ1) is 20.5. The van der Waals surface area contributed by atoms with Crippen LogP contribution in [0.25, 0.3) is 11.3 Å². The Morgan fingerprint density at radius 1 is 0.923 bits per heavy atom. The zero-order valence-corrected chi connectivity index (χ0v) is 16.8. The normalized spacial score (nSPS) is 12.1. The number of hydrogen-bond donors (Lipinski definition) is 0. The van der Waals surface area contributed by atoms with Gasteiger partial charge in [0.2, 0.25) is 0 Å². The average Bonchev–Trinajstić information content (AvgIpc) is 2.69. The Morgan fingerprint density at radius 2 is 1.69 bits per heavy atom. The summed E-state index contributed by atoms with van der Waals surface area (Å²) in [6.45, 7) is 7.55. The van der Waals surface area contributed by atoms with E-state index in [1.807, 2.05) is 6.20 Å². The first-order valence-electron chi connectivity index (χ1n) is 10.4. The van der Waals surface area contributed by atoms with Crippen molar-refractivity contribution in [2.24, 2.45) is 5.92 Å². The number of hydrogen-bond acceptors (Lipinski definition) is 2. The summed E-state index contributed by atoms with van der Waals surface area (Å²) in [4.78, 5) is 4.65. The van der Waals surface area contributed by atoms with Gasteiger partial charge in [0.05, 0.1) is 12.3 Å². The number of aryl methyl sites for hydroxylation is 1. The predicted octanol–water partition coefficient (Wildman–Crippen LogP) is 7.08. The van der Waals surface area contributed by atoms with Crippen LogP contribution in [-0.2, 0) is 6.42 Å². The van der Waals surface area contributed by atoms with Crippen LogP contribution in [0.15, 0.2) is 42.6 Å². The van der Waals surface area contributed by atoms with Crippen LogP contribution in [-0.4, -0.2) is 11.6 Å². The third kappa shape index (κ3) is 7.19. The van der Waals surface area contributed by atoms with E-state index in [1.165, 1.54) is 44.1 Å². The molecule has 0 aliphatic heterocycles. The highest BCUT2D eigenvalue weighted by Crippen LogP contribution is 2.22. The minimum Gasteiger partial charge on any atom is -0.494 e. The molecule has 0 spiro atoms. The van der Waals surface area contributed by atoms with Crippen LogP contribution in [0.1, 0.15) is 71.3 Å². The Hall–Kier alpha value is -1.83. The molecule has 1 aromatic carbocycles. The highest BCUT2D eigenvalue weighted by atomic mass is 16.5. The molecule has 0 saturated heterocycles. The number of rotatable bonds is 12. The quantitative estimate of drug-likeness (QED) is 0.380. The van der Waals surface area contributed by atoms with E-state index in [9.17, 15) is 0 Å². The monoisotopic (exact) mass is 353 g/mol. The van der Waals surface area contributed by atoms with E-state index in [0.29, 0.717) is 0 Å². The fraction of sp³-hybridized carbons (Fsp3) is 0.542. The van der Waals surface area contributed by atoms with E-state index in [-0.39, 0.29) is 0 Å². The van der Waals surface area contributed by atoms with Crippen LogP contribution < -0.4 is 4.74 Å². The van der Waals surface area contributed by atoms with Gasteiger partial charge in [-0.3, -0.25) is 4.98 Å². The van der Waals surface area contributed by atoms with E-state index >= 15 is 0 Å². The SMILES string of the molecule is CCCCCCCc1ccc(-c2ccc(OCCC(C)CC)cc2)nc1. The van der Waals surface area contributed by atoms with E-state index < -0.39 is 0 Å². The van der Waals surface area contributed by atoms with Crippen molar-refractivity contribution in [3.05, 3.63) is 48.2 Å². The molecule has 142 valence electrons. The molecule has 0 aliphatic carbocycles. The molecule has 1 unspecified atom stereocenters. The highest BCUT2D eigenvalue weighted by molar-refractivity contribution is 5.60. The molecule has 1 heterocycles. The Kier molecular flexibility index (Phi) is 9.23. The molecule has 1 aromatic heterocycles. The second-order valence-electron chi connectivity index (χ2n) is 7.39. The highest BCUT2D eigenvalue weighted by Gasteiger charge is 2.03. The Bertz CT molecular complexity index is 603. The fourth-order valence-corrected chi connectivity index (χ4v) is 2.98. The van der Waals surface area contributed by atoms with Crippen LogP contribution >= 0.6 is 0 Å². The summed E-state index contributed by atoms with van der Waals surface area (Å²) in [5.41, 5.74) is 3.52. The Morgan fingerprint density at radius 3 is 2.35 bits per heavy atom. The zero-order valence-electron chi connectivity index (χ0n) is 16.8. The van der Waals surface area contributed by atoms with E-state index in [0.717, 1.165) is 42.4 Å². The van der Waals surface area contributed by atoms with Crippen molar-refractivity contribution in [1.82, 2.24) is 4.98 Å². The summed E-state index contributed by atoms with van der Waals surface area (Å²) in [6, 6.07) is 12.7. The van der Waals surface area contributed by atoms with Gasteiger partial charge < -0.3 is 4.74 Å². The van der Waals surface area contributed by atoms with Crippen LogP contribution in [0.2, 0.25) is 0 Å². The van der Waals surface area contributed by atoms with Gasteiger partial charge in [0.25, 0.3) is 0 Å². The van der Waals surface area contributed by atoms with E-state index in [1.54, 1.807) is 0 Å². The lowest BCUT2D eigenvalue weighted by molar-refractivity contribution is 0.282. The standard InChI is InChI=1S/C24H35NO/c1-4-6-7-8-9-10-21-11-16-24(25-19-21)22-12-14-23(15-13-22)26-18-17-20(3)5-2/h11-16,19-20H,4-10,17-18H2,1-3H3. The predicted molar refractivity (Wildman–Crippen MR) is 112 cm³/mol. The molecule has 0 saturated carbocycles. The van der Waals surface area contributed by atoms with E-state index in [2.05, 4.69) is 62.2 Å². The molecular formula is C24H35NO. The second-order valence-corrected chi connectivity index (χ2v) is 7.39. The molecule has 0 aliphatic rings. The molecule has 2 aromatic rings. The maximum absolute atomic E-state index is 5.84. The van der Waals surface area contributed by atoms with Crippen LogP contribution in [0.3, 0.4) is 0 Å². The third-order valence-electron chi connectivity index (χ3n) is 5.12. The topological polar surface area (TPSA) is 22.1 Å². The van der Waals surface area contributed by atoms with Crippen molar-refractivity contribution < 1.29 is 4.74 Å². The molecule has 0 N–H and O–H groups in total. The van der Waals surface area contributed by atoms with Gasteiger partial charge in [-0.2, -0.15) is 0 Å². The lowest BCUT2D eigenvalue weighted by Gasteiger charge is -2.10. The molecular weight excluding hydrogens is 318 g/mol. The Labute approximate surface area is 160 Å². The van der Waals surface area contributed by atoms with Gasteiger partial charge in [-0.25, -0.2) is 0 Å². The number of aromatic nitrogens is 1. The molecule has 0 fully saturated rings. The van der Waals surface area contributed by atoms with Gasteiger partial charge in [0, 0.05) is 11.8 Å². The third-order valence-corrected chi connectivity index (χ3v) is 5.12. The number of unbranched alkanes of at least 4 members (excludes halogenated alkanes) is 4. The van der Waals surface area contributed by atoms with Crippen LogP contribution in [0, 0.1) is 5.92 Å². The molecule has 2 heteroatoms. The number of benzene rings is 1. The van der Waals surface area contributed by atoms with Crippen molar-refractivity contribution in [3.63, 3.8) is 0 Å². The molecule has 1 atom stereocenters. The lowest BCUT2D eigenvalue weighted by atomic mass is 10.1. The molecule has 2 rings (SSSR count). The van der Waals surface area contributed by atoms with Crippen molar-refractivity contribution in [1.29, 1.82) is 0 Å². The number of nitrogens with zero attached hydrogens (tertiary/aromatic N) is 1. The van der Waals surface area contributed by atoms with Crippen LogP contribution in [0.5, 0.6) is 5.75 Å². The summed E-state index contributed by atoms with van der Waals surface area (Å²) in [5, 5.41) is 0. The van der Waals surface area contributed by atoms with Gasteiger partial charge in [0.15, 0.2) is 0 Å².